The van der Waals surface area contributed by atoms with Gasteiger partial charge in [-0.1, -0.05) is 18.2 Å². The first kappa shape index (κ1) is 16.3. The monoisotopic (exact) mass is 305 g/mol. The molecule has 0 unspecified atom stereocenters. The first-order valence-corrected chi connectivity index (χ1v) is 7.51. The molecule has 1 aliphatic heterocycles. The summed E-state index contributed by atoms with van der Waals surface area (Å²) >= 11 is 0. The molecule has 120 valence electrons. The van der Waals surface area contributed by atoms with E-state index in [9.17, 15) is 14.7 Å². The van der Waals surface area contributed by atoms with Crippen molar-refractivity contribution in [3.05, 3.63) is 35.4 Å². The molecule has 0 radical (unpaired) electrons. The van der Waals surface area contributed by atoms with Crippen LogP contribution in [-0.4, -0.2) is 40.3 Å². The van der Waals surface area contributed by atoms with E-state index in [0.717, 1.165) is 12.0 Å². The van der Waals surface area contributed by atoms with E-state index in [0.29, 0.717) is 12.1 Å². The summed E-state index contributed by atoms with van der Waals surface area (Å²) in [5.41, 5.74) is 0.562. The lowest BCUT2D eigenvalue weighted by Crippen LogP contribution is -2.38. The van der Waals surface area contributed by atoms with Crippen molar-refractivity contribution in [1.82, 2.24) is 4.90 Å². The van der Waals surface area contributed by atoms with Gasteiger partial charge in [0.05, 0.1) is 5.56 Å². The maximum absolute atomic E-state index is 12.3. The standard InChI is InChI=1S/C17H23NO4/c1-11-9-12(10-18(11)16(21)22-17(2,3)4)13-7-5-6-8-14(13)15(19)20/h5-8,11-12H,9-10H2,1-4H3,(H,19,20)/t11-,12+/m0/s1. The van der Waals surface area contributed by atoms with Crippen LogP contribution < -0.4 is 0 Å². The number of carboxylic acid groups (broad SMARTS) is 1. The highest BCUT2D eigenvalue weighted by Gasteiger charge is 2.36. The van der Waals surface area contributed by atoms with Gasteiger partial charge in [-0.25, -0.2) is 9.59 Å². The van der Waals surface area contributed by atoms with Crippen molar-refractivity contribution in [2.45, 2.75) is 51.7 Å². The third kappa shape index (κ3) is 3.59. The summed E-state index contributed by atoms with van der Waals surface area (Å²) in [6, 6.07) is 7.03. The van der Waals surface area contributed by atoms with Crippen molar-refractivity contribution in [1.29, 1.82) is 0 Å². The fourth-order valence-electron chi connectivity index (χ4n) is 2.88. The van der Waals surface area contributed by atoms with E-state index in [1.807, 2.05) is 39.8 Å². The number of hydrogen-bond acceptors (Lipinski definition) is 3. The number of hydrogen-bond donors (Lipinski definition) is 1. The van der Waals surface area contributed by atoms with Gasteiger partial charge in [-0.3, -0.25) is 0 Å². The minimum absolute atomic E-state index is 0.0230. The van der Waals surface area contributed by atoms with Gasteiger partial charge >= 0.3 is 12.1 Å². The Morgan fingerprint density at radius 3 is 2.50 bits per heavy atom. The molecule has 2 atom stereocenters. The van der Waals surface area contributed by atoms with Crippen molar-refractivity contribution in [3.8, 4) is 0 Å². The number of likely N-dealkylation sites (tertiary alicyclic amines) is 1. The quantitative estimate of drug-likeness (QED) is 0.908. The van der Waals surface area contributed by atoms with Gasteiger partial charge in [0.1, 0.15) is 5.60 Å². The van der Waals surface area contributed by atoms with Crippen LogP contribution in [0.2, 0.25) is 0 Å². The molecule has 1 aliphatic rings. The lowest BCUT2D eigenvalue weighted by atomic mass is 9.92. The van der Waals surface area contributed by atoms with Crippen LogP contribution in [0, 0.1) is 0 Å². The average Bonchev–Trinajstić information content (AvgIpc) is 2.79. The van der Waals surface area contributed by atoms with E-state index in [1.165, 1.54) is 0 Å². The summed E-state index contributed by atoms with van der Waals surface area (Å²) < 4.78 is 5.42. The second-order valence-electron chi connectivity index (χ2n) is 6.81. The van der Waals surface area contributed by atoms with Crippen LogP contribution in [0.4, 0.5) is 4.79 Å². The minimum Gasteiger partial charge on any atom is -0.478 e. The third-order valence-electron chi connectivity index (χ3n) is 3.83. The lowest BCUT2D eigenvalue weighted by molar-refractivity contribution is 0.0237. The van der Waals surface area contributed by atoms with Crippen LogP contribution in [0.25, 0.3) is 0 Å². The van der Waals surface area contributed by atoms with E-state index in [4.69, 9.17) is 4.74 Å². The maximum atomic E-state index is 12.3. The summed E-state index contributed by atoms with van der Waals surface area (Å²) in [5.74, 6) is -0.909. The summed E-state index contributed by atoms with van der Waals surface area (Å²) in [7, 11) is 0. The Kier molecular flexibility index (Phi) is 4.44. The molecule has 0 aliphatic carbocycles. The maximum Gasteiger partial charge on any atom is 0.410 e. The molecule has 22 heavy (non-hydrogen) atoms. The molecule has 2 rings (SSSR count). The van der Waals surface area contributed by atoms with Crippen LogP contribution in [0.15, 0.2) is 24.3 Å². The van der Waals surface area contributed by atoms with E-state index in [2.05, 4.69) is 0 Å². The molecule has 1 N–H and O–H groups in total. The van der Waals surface area contributed by atoms with Crippen molar-refractivity contribution < 1.29 is 19.4 Å². The molecule has 1 aromatic carbocycles. The predicted octanol–water partition coefficient (Wildman–Crippen LogP) is 3.50. The van der Waals surface area contributed by atoms with Crippen LogP contribution in [0.3, 0.4) is 0 Å². The second-order valence-corrected chi connectivity index (χ2v) is 6.81. The van der Waals surface area contributed by atoms with Crippen molar-refractivity contribution >= 4 is 12.1 Å². The number of benzene rings is 1. The number of carbonyl (C=O) groups is 2. The molecule has 1 saturated heterocycles. The Labute approximate surface area is 130 Å². The van der Waals surface area contributed by atoms with E-state index < -0.39 is 11.6 Å². The van der Waals surface area contributed by atoms with Gasteiger partial charge < -0.3 is 14.7 Å². The molecule has 5 heteroatoms. The highest BCUT2D eigenvalue weighted by Crippen LogP contribution is 2.34. The van der Waals surface area contributed by atoms with Crippen LogP contribution in [0.5, 0.6) is 0 Å². The molecular formula is C17H23NO4. The first-order valence-electron chi connectivity index (χ1n) is 7.51. The molecule has 5 nitrogen and oxygen atoms in total. The van der Waals surface area contributed by atoms with Crippen molar-refractivity contribution in [2.75, 3.05) is 6.54 Å². The lowest BCUT2D eigenvalue weighted by Gasteiger charge is -2.27. The molecule has 0 saturated carbocycles. The molecule has 1 aromatic rings. The number of aromatic carboxylic acids is 1. The molecule has 0 bridgehead atoms. The number of amides is 1. The zero-order valence-corrected chi connectivity index (χ0v) is 13.5. The predicted molar refractivity (Wildman–Crippen MR) is 83.2 cm³/mol. The molecule has 1 amide bonds. The number of nitrogens with zero attached hydrogens (tertiary/aromatic N) is 1. The number of carbonyl (C=O) groups excluding carboxylic acids is 1. The Balaban J connectivity index is 2.18. The van der Waals surface area contributed by atoms with Crippen LogP contribution in [0.1, 0.15) is 56.0 Å². The largest absolute Gasteiger partial charge is 0.478 e. The van der Waals surface area contributed by atoms with Gasteiger partial charge in [0, 0.05) is 18.5 Å². The zero-order chi connectivity index (χ0) is 16.5. The van der Waals surface area contributed by atoms with Gasteiger partial charge in [0.2, 0.25) is 0 Å². The number of rotatable bonds is 2. The summed E-state index contributed by atoms with van der Waals surface area (Å²) in [6.07, 6.45) is 0.402. The van der Waals surface area contributed by atoms with Gasteiger partial charge in [-0.15, -0.1) is 0 Å². The Morgan fingerprint density at radius 2 is 1.91 bits per heavy atom. The van der Waals surface area contributed by atoms with E-state index in [1.54, 1.807) is 17.0 Å². The van der Waals surface area contributed by atoms with Crippen molar-refractivity contribution in [3.63, 3.8) is 0 Å². The topological polar surface area (TPSA) is 66.8 Å². The minimum atomic E-state index is -0.932. The highest BCUT2D eigenvalue weighted by atomic mass is 16.6. The fourth-order valence-corrected chi connectivity index (χ4v) is 2.88. The van der Waals surface area contributed by atoms with Gasteiger partial charge in [0.15, 0.2) is 0 Å². The normalized spacial score (nSPS) is 21.7. The van der Waals surface area contributed by atoms with E-state index in [-0.39, 0.29) is 18.1 Å². The SMILES string of the molecule is C[C@H]1C[C@@H](c2ccccc2C(=O)O)CN1C(=O)OC(C)(C)C. The third-order valence-corrected chi connectivity index (χ3v) is 3.83. The highest BCUT2D eigenvalue weighted by molar-refractivity contribution is 5.89. The Bertz CT molecular complexity index is 576. The average molecular weight is 305 g/mol. The van der Waals surface area contributed by atoms with Gasteiger partial charge in [0.25, 0.3) is 0 Å². The summed E-state index contributed by atoms with van der Waals surface area (Å²) in [5, 5.41) is 9.31. The fraction of sp³-hybridized carbons (Fsp3) is 0.529. The van der Waals surface area contributed by atoms with Crippen molar-refractivity contribution in [2.24, 2.45) is 0 Å². The van der Waals surface area contributed by atoms with Crippen LogP contribution >= 0.6 is 0 Å². The zero-order valence-electron chi connectivity index (χ0n) is 13.5. The summed E-state index contributed by atoms with van der Waals surface area (Å²) in [6.45, 7) is 7.96. The number of carboxylic acids is 1. The van der Waals surface area contributed by atoms with Crippen LogP contribution in [-0.2, 0) is 4.74 Å². The van der Waals surface area contributed by atoms with E-state index >= 15 is 0 Å². The molecule has 1 fully saturated rings. The van der Waals surface area contributed by atoms with Gasteiger partial charge in [-0.2, -0.15) is 0 Å². The molecule has 1 heterocycles. The molecule has 0 spiro atoms. The Morgan fingerprint density at radius 1 is 1.27 bits per heavy atom. The second kappa shape index (κ2) is 5.99. The Hall–Kier alpha value is -2.04. The summed E-state index contributed by atoms with van der Waals surface area (Å²) in [4.78, 5) is 25.3. The van der Waals surface area contributed by atoms with Gasteiger partial charge in [-0.05, 0) is 45.7 Å². The smallest absolute Gasteiger partial charge is 0.410 e. The number of ether oxygens (including phenoxy) is 1. The first-order chi connectivity index (χ1) is 10.2. The molecular weight excluding hydrogens is 282 g/mol. The molecule has 0 aromatic heterocycles.